The zero-order chi connectivity index (χ0) is 18.8. The molecule has 3 atom stereocenters. The van der Waals surface area contributed by atoms with Gasteiger partial charge < -0.3 is 20.5 Å². The first-order chi connectivity index (χ1) is 12.4. The van der Waals surface area contributed by atoms with Gasteiger partial charge in [0, 0.05) is 24.9 Å². The van der Waals surface area contributed by atoms with E-state index in [-0.39, 0.29) is 31.2 Å². The van der Waals surface area contributed by atoms with Gasteiger partial charge >= 0.3 is 6.09 Å². The highest BCUT2D eigenvalue weighted by Gasteiger charge is 2.40. The number of hydrogen-bond acceptors (Lipinski definition) is 5. The van der Waals surface area contributed by atoms with Crippen molar-refractivity contribution >= 4 is 12.0 Å². The van der Waals surface area contributed by atoms with Crippen LogP contribution < -0.4 is 5.73 Å². The lowest BCUT2D eigenvalue weighted by Gasteiger charge is -2.25. The number of carbonyl (C=O) groups excluding carboxylic acids is 2. The van der Waals surface area contributed by atoms with Crippen LogP contribution in [0.25, 0.3) is 0 Å². The Morgan fingerprint density at radius 2 is 2.19 bits per heavy atom. The Labute approximate surface area is 151 Å². The van der Waals surface area contributed by atoms with Crippen molar-refractivity contribution < 1.29 is 23.8 Å². The molecule has 3 N–H and O–H groups in total. The highest BCUT2D eigenvalue weighted by atomic mass is 19.1. The number of aliphatic hydroxyl groups is 1. The number of benzene rings is 1. The predicted molar refractivity (Wildman–Crippen MR) is 91.1 cm³/mol. The van der Waals surface area contributed by atoms with Gasteiger partial charge in [-0.2, -0.15) is 0 Å². The van der Waals surface area contributed by atoms with Gasteiger partial charge in [0.1, 0.15) is 18.1 Å². The van der Waals surface area contributed by atoms with Gasteiger partial charge in [0.2, 0.25) is 5.91 Å². The minimum atomic E-state index is -1.19. The molecule has 26 heavy (non-hydrogen) atoms. The van der Waals surface area contributed by atoms with Crippen LogP contribution in [0.1, 0.15) is 37.3 Å². The smallest absolute Gasteiger partial charge is 0.410 e. The lowest BCUT2D eigenvalue weighted by Crippen LogP contribution is -2.46. The average Bonchev–Trinajstić information content (AvgIpc) is 3.20. The molecule has 3 rings (SSSR count). The molecule has 0 aromatic heterocycles. The number of nitrogens with two attached hydrogens (primary N) is 1. The van der Waals surface area contributed by atoms with Gasteiger partial charge in [-0.3, -0.25) is 9.69 Å². The van der Waals surface area contributed by atoms with Crippen LogP contribution in [0, 0.1) is 5.82 Å². The lowest BCUT2D eigenvalue weighted by atomic mass is 10.1. The summed E-state index contributed by atoms with van der Waals surface area (Å²) >= 11 is 0. The van der Waals surface area contributed by atoms with Gasteiger partial charge in [-0.05, 0) is 18.1 Å². The van der Waals surface area contributed by atoms with Gasteiger partial charge in [-0.1, -0.05) is 19.1 Å². The van der Waals surface area contributed by atoms with Crippen molar-refractivity contribution in [2.45, 2.75) is 57.6 Å². The molecule has 2 heterocycles. The summed E-state index contributed by atoms with van der Waals surface area (Å²) in [5.74, 6) is -0.447. The molecule has 2 unspecified atom stereocenters. The molecule has 0 radical (unpaired) electrons. The third kappa shape index (κ3) is 3.66. The second-order valence-electron chi connectivity index (χ2n) is 6.83. The van der Waals surface area contributed by atoms with Crippen LogP contribution in [0.2, 0.25) is 0 Å². The quantitative estimate of drug-likeness (QED) is 0.785. The van der Waals surface area contributed by atoms with E-state index in [0.717, 1.165) is 5.56 Å². The van der Waals surface area contributed by atoms with E-state index in [1.165, 1.54) is 15.9 Å². The van der Waals surface area contributed by atoms with Crippen LogP contribution >= 0.6 is 0 Å². The number of ether oxygens (including phenoxy) is 1. The van der Waals surface area contributed by atoms with Gasteiger partial charge in [0.15, 0.2) is 0 Å². The van der Waals surface area contributed by atoms with Crippen LogP contribution in [0.5, 0.6) is 0 Å². The average molecular weight is 365 g/mol. The van der Waals surface area contributed by atoms with E-state index in [2.05, 4.69) is 0 Å². The van der Waals surface area contributed by atoms with E-state index in [9.17, 15) is 19.1 Å². The summed E-state index contributed by atoms with van der Waals surface area (Å²) in [6.45, 7) is 2.55. The maximum absolute atomic E-state index is 13.8. The van der Waals surface area contributed by atoms with Gasteiger partial charge in [-0.15, -0.1) is 0 Å². The fraction of sp³-hybridized carbons (Fsp3) is 0.556. The molecule has 0 spiro atoms. The van der Waals surface area contributed by atoms with Crippen molar-refractivity contribution in [1.29, 1.82) is 0 Å². The molecule has 2 amide bonds. The van der Waals surface area contributed by atoms with E-state index in [0.29, 0.717) is 24.9 Å². The normalized spacial score (nSPS) is 23.1. The highest BCUT2D eigenvalue weighted by Crippen LogP contribution is 2.28. The number of nitrogens with zero attached hydrogens (tertiary/aromatic N) is 2. The number of halogens is 1. The lowest BCUT2D eigenvalue weighted by molar-refractivity contribution is -0.134. The SMILES string of the molecule is CCCC(=O)N1C[C@H](OC(=O)N2Cc3cccc(F)c3C2)CC1C(N)O. The summed E-state index contributed by atoms with van der Waals surface area (Å²) in [5, 5.41) is 9.74. The summed E-state index contributed by atoms with van der Waals surface area (Å²) in [6, 6.07) is 4.20. The Balaban J connectivity index is 1.62. The number of rotatable bonds is 4. The molecule has 1 fully saturated rings. The molecule has 2 aliphatic rings. The Bertz CT molecular complexity index is 697. The van der Waals surface area contributed by atoms with Crippen molar-refractivity contribution in [2.75, 3.05) is 6.54 Å². The third-order valence-electron chi connectivity index (χ3n) is 4.94. The summed E-state index contributed by atoms with van der Waals surface area (Å²) in [7, 11) is 0. The fourth-order valence-corrected chi connectivity index (χ4v) is 3.61. The first-order valence-electron chi connectivity index (χ1n) is 8.85. The Hall–Kier alpha value is -2.19. The summed E-state index contributed by atoms with van der Waals surface area (Å²) in [5.41, 5.74) is 6.85. The van der Waals surface area contributed by atoms with Crippen LogP contribution in [0.3, 0.4) is 0 Å². The second-order valence-corrected chi connectivity index (χ2v) is 6.83. The second kappa shape index (κ2) is 7.59. The number of hydrogen-bond donors (Lipinski definition) is 2. The van der Waals surface area contributed by atoms with E-state index in [4.69, 9.17) is 10.5 Å². The number of amides is 2. The molecule has 1 saturated heterocycles. The number of fused-ring (bicyclic) bond motifs is 1. The fourth-order valence-electron chi connectivity index (χ4n) is 3.61. The molecule has 1 aromatic rings. The first kappa shape index (κ1) is 18.6. The first-order valence-corrected chi connectivity index (χ1v) is 8.85. The summed E-state index contributed by atoms with van der Waals surface area (Å²) < 4.78 is 19.3. The standard InChI is InChI=1S/C18H24FN3O4/c1-2-4-16(23)22-9-12(7-15(22)17(20)24)26-18(25)21-8-11-5-3-6-14(19)13(11)10-21/h3,5-6,12,15,17,24H,2,4,7-10,20H2,1H3/t12-,15?,17?/m1/s1. The molecule has 2 aliphatic heterocycles. The van der Waals surface area contributed by atoms with Crippen LogP contribution in [0.4, 0.5) is 9.18 Å². The number of carbonyl (C=O) groups is 2. The van der Waals surface area contributed by atoms with Crippen molar-refractivity contribution in [3.63, 3.8) is 0 Å². The van der Waals surface area contributed by atoms with Gasteiger partial charge in [-0.25, -0.2) is 9.18 Å². The Kier molecular flexibility index (Phi) is 5.43. The van der Waals surface area contributed by atoms with E-state index in [1.807, 2.05) is 6.92 Å². The largest absolute Gasteiger partial charge is 0.444 e. The number of aliphatic hydroxyl groups excluding tert-OH is 1. The van der Waals surface area contributed by atoms with Gasteiger partial charge in [0.25, 0.3) is 0 Å². The minimum absolute atomic E-state index is 0.115. The van der Waals surface area contributed by atoms with E-state index in [1.54, 1.807) is 12.1 Å². The molecule has 1 aromatic carbocycles. The van der Waals surface area contributed by atoms with Crippen LogP contribution in [0.15, 0.2) is 18.2 Å². The minimum Gasteiger partial charge on any atom is -0.444 e. The van der Waals surface area contributed by atoms with Crippen LogP contribution in [-0.2, 0) is 22.6 Å². The molecular formula is C18H24FN3O4. The van der Waals surface area contributed by atoms with E-state index >= 15 is 0 Å². The monoisotopic (exact) mass is 365 g/mol. The van der Waals surface area contributed by atoms with Gasteiger partial charge in [0.05, 0.1) is 19.1 Å². The predicted octanol–water partition coefficient (Wildman–Crippen LogP) is 1.32. The Morgan fingerprint density at radius 3 is 2.85 bits per heavy atom. The summed E-state index contributed by atoms with van der Waals surface area (Å²) in [4.78, 5) is 27.6. The van der Waals surface area contributed by atoms with Crippen molar-refractivity contribution in [3.05, 3.63) is 35.1 Å². The van der Waals surface area contributed by atoms with Crippen molar-refractivity contribution in [3.8, 4) is 0 Å². The van der Waals surface area contributed by atoms with Crippen molar-refractivity contribution in [1.82, 2.24) is 9.80 Å². The zero-order valence-electron chi connectivity index (χ0n) is 14.7. The number of likely N-dealkylation sites (tertiary alicyclic amines) is 1. The van der Waals surface area contributed by atoms with E-state index < -0.39 is 24.5 Å². The topological polar surface area (TPSA) is 96.1 Å². The maximum Gasteiger partial charge on any atom is 0.410 e. The molecule has 0 aliphatic carbocycles. The molecule has 8 heteroatoms. The highest BCUT2D eigenvalue weighted by molar-refractivity contribution is 5.77. The molecule has 0 saturated carbocycles. The molecule has 0 bridgehead atoms. The summed E-state index contributed by atoms with van der Waals surface area (Å²) in [6.07, 6.45) is -0.964. The van der Waals surface area contributed by atoms with Crippen LogP contribution in [-0.4, -0.2) is 51.8 Å². The molecule has 7 nitrogen and oxygen atoms in total. The maximum atomic E-state index is 13.8. The van der Waals surface area contributed by atoms with Crippen molar-refractivity contribution in [2.24, 2.45) is 5.73 Å². The molecule has 142 valence electrons. The molecular weight excluding hydrogens is 341 g/mol. The zero-order valence-corrected chi connectivity index (χ0v) is 14.7. The Morgan fingerprint density at radius 1 is 1.42 bits per heavy atom. The third-order valence-corrected chi connectivity index (χ3v) is 4.94.